The first-order chi connectivity index (χ1) is 8.27. The number of amides is 1. The van der Waals surface area contributed by atoms with E-state index in [-0.39, 0.29) is 12.6 Å². The summed E-state index contributed by atoms with van der Waals surface area (Å²) in [6, 6.07) is 9.10. The van der Waals surface area contributed by atoms with Crippen LogP contribution in [0.25, 0.3) is 0 Å². The second-order valence-corrected chi connectivity index (χ2v) is 3.31. The topological polar surface area (TPSA) is 95.9 Å². The fourth-order valence-electron chi connectivity index (χ4n) is 1.45. The Morgan fingerprint density at radius 2 is 2.18 bits per heavy atom. The molecule has 1 atom stereocenters. The first kappa shape index (κ1) is 11.1. The number of primary amides is 1. The molecular weight excluding hydrogens is 222 g/mol. The Labute approximate surface area is 97.2 Å². The van der Waals surface area contributed by atoms with Crippen molar-refractivity contribution in [2.45, 2.75) is 6.04 Å². The summed E-state index contributed by atoms with van der Waals surface area (Å²) in [6.07, 6.45) is 0.492. The third kappa shape index (κ3) is 2.77. The molecule has 0 bridgehead atoms. The molecule has 7 heteroatoms. The van der Waals surface area contributed by atoms with Gasteiger partial charge in [-0.15, -0.1) is 10.2 Å². The molecule has 0 radical (unpaired) electrons. The number of carbonyl (C=O) groups excluding carboxylic acids is 1. The number of benzene rings is 1. The predicted molar refractivity (Wildman–Crippen MR) is 57.9 cm³/mol. The number of carbonyl (C=O) groups is 1. The van der Waals surface area contributed by atoms with Gasteiger partial charge in [-0.25, -0.2) is 4.79 Å². The molecule has 7 nitrogen and oxygen atoms in total. The number of rotatable bonds is 4. The van der Waals surface area contributed by atoms with Crippen molar-refractivity contribution in [1.29, 1.82) is 0 Å². The van der Waals surface area contributed by atoms with Crippen LogP contribution in [0.5, 0.6) is 0 Å². The zero-order valence-electron chi connectivity index (χ0n) is 8.93. The average Bonchev–Trinajstić information content (AvgIpc) is 2.84. The summed E-state index contributed by atoms with van der Waals surface area (Å²) >= 11 is 0. The summed E-state index contributed by atoms with van der Waals surface area (Å²) in [4.78, 5) is 12.0. The van der Waals surface area contributed by atoms with Crippen molar-refractivity contribution in [2.75, 3.05) is 6.61 Å². The molecule has 0 aliphatic carbocycles. The number of nitrogens with two attached hydrogens (primary N) is 1. The summed E-state index contributed by atoms with van der Waals surface area (Å²) in [6.45, 7) is 0.0652. The zero-order chi connectivity index (χ0) is 12.1. The highest BCUT2D eigenvalue weighted by molar-refractivity contribution is 5.64. The van der Waals surface area contributed by atoms with Crippen LogP contribution in [0.15, 0.2) is 36.7 Å². The quantitative estimate of drug-likeness (QED) is 0.822. The lowest BCUT2D eigenvalue weighted by Gasteiger charge is -2.15. The van der Waals surface area contributed by atoms with E-state index in [4.69, 9.17) is 10.5 Å². The number of hydrogen-bond donors (Lipinski definition) is 1. The van der Waals surface area contributed by atoms with E-state index >= 15 is 0 Å². The van der Waals surface area contributed by atoms with Crippen LogP contribution in [0.1, 0.15) is 11.6 Å². The number of aromatic nitrogens is 4. The summed E-state index contributed by atoms with van der Waals surface area (Å²) in [5.74, 6) is 0. The minimum Gasteiger partial charge on any atom is -0.447 e. The third-order valence-corrected chi connectivity index (χ3v) is 2.21. The van der Waals surface area contributed by atoms with Crippen LogP contribution in [0.3, 0.4) is 0 Å². The van der Waals surface area contributed by atoms with Gasteiger partial charge in [-0.1, -0.05) is 30.3 Å². The summed E-state index contributed by atoms with van der Waals surface area (Å²) in [5, 5.41) is 11.4. The van der Waals surface area contributed by atoms with Gasteiger partial charge in [-0.3, -0.25) is 0 Å². The fraction of sp³-hybridized carbons (Fsp3) is 0.200. The molecule has 1 aromatic heterocycles. The molecule has 0 fully saturated rings. The molecule has 0 saturated carbocycles. The van der Waals surface area contributed by atoms with E-state index < -0.39 is 6.09 Å². The zero-order valence-corrected chi connectivity index (χ0v) is 8.93. The monoisotopic (exact) mass is 233 g/mol. The molecule has 0 aliphatic heterocycles. The van der Waals surface area contributed by atoms with E-state index in [1.54, 1.807) is 0 Å². The molecular formula is C10H11N5O2. The van der Waals surface area contributed by atoms with E-state index in [1.807, 2.05) is 30.3 Å². The van der Waals surface area contributed by atoms with E-state index in [0.717, 1.165) is 5.56 Å². The van der Waals surface area contributed by atoms with Crippen molar-refractivity contribution in [3.63, 3.8) is 0 Å². The highest BCUT2D eigenvalue weighted by Crippen LogP contribution is 2.15. The fourth-order valence-corrected chi connectivity index (χ4v) is 1.45. The SMILES string of the molecule is NC(=O)OCC(c1ccccc1)n1ncnn1. The van der Waals surface area contributed by atoms with Gasteiger partial charge in [0.1, 0.15) is 12.6 Å². The van der Waals surface area contributed by atoms with E-state index in [2.05, 4.69) is 15.4 Å². The summed E-state index contributed by atoms with van der Waals surface area (Å²) < 4.78 is 4.79. The molecule has 0 spiro atoms. The highest BCUT2D eigenvalue weighted by atomic mass is 16.5. The van der Waals surface area contributed by atoms with Crippen LogP contribution < -0.4 is 5.73 Å². The number of nitrogens with zero attached hydrogens (tertiary/aromatic N) is 4. The van der Waals surface area contributed by atoms with Crippen LogP contribution in [-0.2, 0) is 4.74 Å². The largest absolute Gasteiger partial charge is 0.447 e. The van der Waals surface area contributed by atoms with Crippen molar-refractivity contribution < 1.29 is 9.53 Å². The Kier molecular flexibility index (Phi) is 3.29. The van der Waals surface area contributed by atoms with E-state index in [9.17, 15) is 4.79 Å². The highest BCUT2D eigenvalue weighted by Gasteiger charge is 2.17. The van der Waals surface area contributed by atoms with Crippen molar-refractivity contribution in [2.24, 2.45) is 5.73 Å². The second kappa shape index (κ2) is 5.06. The molecule has 1 heterocycles. The van der Waals surface area contributed by atoms with Crippen molar-refractivity contribution >= 4 is 6.09 Å². The maximum atomic E-state index is 10.6. The minimum atomic E-state index is -0.828. The predicted octanol–water partition coefficient (Wildman–Crippen LogP) is 0.358. The van der Waals surface area contributed by atoms with Crippen LogP contribution >= 0.6 is 0 Å². The average molecular weight is 233 g/mol. The maximum Gasteiger partial charge on any atom is 0.404 e. The maximum absolute atomic E-state index is 10.6. The number of ether oxygens (including phenoxy) is 1. The van der Waals surface area contributed by atoms with Gasteiger partial charge in [0, 0.05) is 0 Å². The third-order valence-electron chi connectivity index (χ3n) is 2.21. The molecule has 88 valence electrons. The smallest absolute Gasteiger partial charge is 0.404 e. The van der Waals surface area contributed by atoms with Gasteiger partial charge < -0.3 is 10.5 Å². The van der Waals surface area contributed by atoms with Crippen molar-refractivity contribution in [3.05, 3.63) is 42.2 Å². The van der Waals surface area contributed by atoms with Gasteiger partial charge >= 0.3 is 6.09 Å². The van der Waals surface area contributed by atoms with E-state index in [1.165, 1.54) is 11.1 Å². The van der Waals surface area contributed by atoms with Gasteiger partial charge in [-0.2, -0.15) is 4.80 Å². The molecule has 1 aromatic carbocycles. The molecule has 0 aliphatic rings. The van der Waals surface area contributed by atoms with Crippen LogP contribution in [0, 0.1) is 0 Å². The van der Waals surface area contributed by atoms with Gasteiger partial charge in [0.05, 0.1) is 0 Å². The lowest BCUT2D eigenvalue weighted by atomic mass is 10.1. The number of hydrogen-bond acceptors (Lipinski definition) is 5. The molecule has 1 unspecified atom stereocenters. The minimum absolute atomic E-state index is 0.0652. The normalized spacial score (nSPS) is 12.0. The number of tetrazole rings is 1. The van der Waals surface area contributed by atoms with E-state index in [0.29, 0.717) is 0 Å². The van der Waals surface area contributed by atoms with Gasteiger partial charge in [-0.05, 0) is 10.8 Å². The van der Waals surface area contributed by atoms with Crippen molar-refractivity contribution in [1.82, 2.24) is 20.2 Å². The first-order valence-electron chi connectivity index (χ1n) is 4.97. The standard InChI is InChI=1S/C10H11N5O2/c11-10(16)17-6-9(15-13-7-12-14-15)8-4-2-1-3-5-8/h1-5,7,9H,6H2,(H2,11,16). The van der Waals surface area contributed by atoms with Crippen LogP contribution in [0.2, 0.25) is 0 Å². The Hall–Kier alpha value is -2.44. The molecule has 1 amide bonds. The molecule has 2 aromatic rings. The molecule has 2 rings (SSSR count). The Bertz CT molecular complexity index is 471. The summed E-state index contributed by atoms with van der Waals surface area (Å²) in [7, 11) is 0. The van der Waals surface area contributed by atoms with Gasteiger partial charge in [0.2, 0.25) is 0 Å². The molecule has 2 N–H and O–H groups in total. The van der Waals surface area contributed by atoms with Crippen LogP contribution in [-0.4, -0.2) is 32.9 Å². The van der Waals surface area contributed by atoms with Gasteiger partial charge in [0.15, 0.2) is 6.33 Å². The van der Waals surface area contributed by atoms with Gasteiger partial charge in [0.25, 0.3) is 0 Å². The Morgan fingerprint density at radius 1 is 1.41 bits per heavy atom. The Morgan fingerprint density at radius 3 is 2.76 bits per heavy atom. The lowest BCUT2D eigenvalue weighted by molar-refractivity contribution is 0.139. The Balaban J connectivity index is 2.22. The first-order valence-corrected chi connectivity index (χ1v) is 4.97. The summed E-state index contributed by atoms with van der Waals surface area (Å²) in [5.41, 5.74) is 5.85. The lowest BCUT2D eigenvalue weighted by Crippen LogP contribution is -2.23. The van der Waals surface area contributed by atoms with Crippen molar-refractivity contribution in [3.8, 4) is 0 Å². The van der Waals surface area contributed by atoms with Crippen LogP contribution in [0.4, 0.5) is 4.79 Å². The molecule has 0 saturated heterocycles. The second-order valence-electron chi connectivity index (χ2n) is 3.31. The molecule has 17 heavy (non-hydrogen) atoms.